The molecule has 0 aliphatic carbocycles. The molecule has 4 rings (SSSR count). The number of carbonyl (C=O) groups excluding carboxylic acids is 2. The number of nitrogens with one attached hydrogen (secondary N) is 1. The Morgan fingerprint density at radius 2 is 1.45 bits per heavy atom. The maximum Gasteiger partial charge on any atom is 0.278 e. The Balaban J connectivity index is 1.80. The van der Waals surface area contributed by atoms with Crippen molar-refractivity contribution in [1.29, 1.82) is 0 Å². The lowest BCUT2D eigenvalue weighted by Crippen LogP contribution is -2.32. The molecule has 0 atom stereocenters. The molecule has 3 aromatic rings. The van der Waals surface area contributed by atoms with Gasteiger partial charge in [0.05, 0.1) is 12.1 Å². The van der Waals surface area contributed by atoms with Gasteiger partial charge in [-0.25, -0.2) is 0 Å². The molecule has 156 valence electrons. The zero-order chi connectivity index (χ0) is 22.1. The van der Waals surface area contributed by atoms with E-state index in [1.165, 1.54) is 4.90 Å². The molecule has 1 aliphatic heterocycles. The van der Waals surface area contributed by atoms with E-state index < -0.39 is 0 Å². The molecule has 1 heterocycles. The largest absolute Gasteiger partial charge is 0.350 e. The number of imide groups is 1. The van der Waals surface area contributed by atoms with Crippen molar-refractivity contribution in [2.24, 2.45) is 0 Å². The number of carbonyl (C=O) groups is 2. The summed E-state index contributed by atoms with van der Waals surface area (Å²) in [6, 6.07) is 21.5. The number of nitrogens with zero attached hydrogens (tertiary/aromatic N) is 1. The highest BCUT2D eigenvalue weighted by molar-refractivity contribution is 6.36. The third kappa shape index (κ3) is 4.02. The Labute approximate surface area is 183 Å². The van der Waals surface area contributed by atoms with E-state index in [9.17, 15) is 9.59 Å². The average molecular weight is 411 g/mol. The van der Waals surface area contributed by atoms with E-state index >= 15 is 0 Å². The van der Waals surface area contributed by atoms with Crippen LogP contribution in [0.2, 0.25) is 0 Å². The Morgan fingerprint density at radius 3 is 2.16 bits per heavy atom. The summed E-state index contributed by atoms with van der Waals surface area (Å²) < 4.78 is 0. The third-order valence-corrected chi connectivity index (χ3v) is 5.80. The molecule has 4 nitrogen and oxygen atoms in total. The predicted octanol–water partition coefficient (Wildman–Crippen LogP) is 5.31. The molecule has 0 aromatic heterocycles. The highest BCUT2D eigenvalue weighted by Crippen LogP contribution is 2.33. The minimum atomic E-state index is -0.303. The molecule has 0 fully saturated rings. The summed E-state index contributed by atoms with van der Waals surface area (Å²) in [5.74, 6) is -0.576. The molecule has 31 heavy (non-hydrogen) atoms. The van der Waals surface area contributed by atoms with Gasteiger partial charge in [-0.1, -0.05) is 60.7 Å². The average Bonchev–Trinajstić information content (AvgIpc) is 2.98. The van der Waals surface area contributed by atoms with E-state index in [0.29, 0.717) is 11.3 Å². The Hall–Kier alpha value is -3.66. The van der Waals surface area contributed by atoms with Gasteiger partial charge in [0.1, 0.15) is 5.70 Å². The van der Waals surface area contributed by atoms with Gasteiger partial charge in [-0.2, -0.15) is 0 Å². The number of anilines is 1. The summed E-state index contributed by atoms with van der Waals surface area (Å²) in [5, 5.41) is 3.30. The van der Waals surface area contributed by atoms with Crippen molar-refractivity contribution in [2.45, 2.75) is 34.2 Å². The standard InChI is InChI=1S/C27H26N2O2/c1-17-10-11-19(3)23(14-17)28-25-24(22-13-12-18(2)20(4)15-22)26(30)29(27(25)31)16-21-8-6-5-7-9-21/h5-15,28H,16H2,1-4H3. The fourth-order valence-electron chi connectivity index (χ4n) is 3.77. The van der Waals surface area contributed by atoms with Crippen LogP contribution in [0.5, 0.6) is 0 Å². The molecule has 1 N–H and O–H groups in total. The summed E-state index contributed by atoms with van der Waals surface area (Å²) >= 11 is 0. The first-order valence-corrected chi connectivity index (χ1v) is 10.4. The van der Waals surface area contributed by atoms with Gasteiger partial charge in [0.2, 0.25) is 0 Å². The van der Waals surface area contributed by atoms with Crippen LogP contribution in [0.25, 0.3) is 5.57 Å². The molecule has 2 amide bonds. The zero-order valence-electron chi connectivity index (χ0n) is 18.3. The van der Waals surface area contributed by atoms with Crippen LogP contribution in [0.1, 0.15) is 33.4 Å². The molecule has 0 saturated heterocycles. The van der Waals surface area contributed by atoms with Gasteiger partial charge in [-0.15, -0.1) is 0 Å². The van der Waals surface area contributed by atoms with E-state index in [2.05, 4.69) is 5.32 Å². The molecular formula is C27H26N2O2. The van der Waals surface area contributed by atoms with Crippen LogP contribution in [0.15, 0.2) is 72.4 Å². The highest BCUT2D eigenvalue weighted by Gasteiger charge is 2.39. The Kier molecular flexibility index (Phi) is 5.47. The third-order valence-electron chi connectivity index (χ3n) is 5.80. The van der Waals surface area contributed by atoms with Crippen LogP contribution in [-0.2, 0) is 16.1 Å². The normalized spacial score (nSPS) is 13.9. The SMILES string of the molecule is Cc1ccc(C)c(NC2=C(c3ccc(C)c(C)c3)C(=O)N(Cc3ccccc3)C2=O)c1. The number of rotatable bonds is 5. The predicted molar refractivity (Wildman–Crippen MR) is 124 cm³/mol. The minimum Gasteiger partial charge on any atom is -0.350 e. The monoisotopic (exact) mass is 410 g/mol. The van der Waals surface area contributed by atoms with Gasteiger partial charge in [-0.05, 0) is 67.1 Å². The number of benzene rings is 3. The summed E-state index contributed by atoms with van der Waals surface area (Å²) in [6.07, 6.45) is 0. The smallest absolute Gasteiger partial charge is 0.278 e. The molecule has 1 aliphatic rings. The second-order valence-electron chi connectivity index (χ2n) is 8.17. The number of aryl methyl sites for hydroxylation is 4. The summed E-state index contributed by atoms with van der Waals surface area (Å²) in [6.45, 7) is 8.28. The van der Waals surface area contributed by atoms with Crippen LogP contribution in [-0.4, -0.2) is 16.7 Å². The highest BCUT2D eigenvalue weighted by atomic mass is 16.2. The Morgan fingerprint density at radius 1 is 0.742 bits per heavy atom. The quantitative estimate of drug-likeness (QED) is 0.580. The topological polar surface area (TPSA) is 49.4 Å². The first kappa shape index (κ1) is 20.6. The molecular weight excluding hydrogens is 384 g/mol. The van der Waals surface area contributed by atoms with Gasteiger partial charge < -0.3 is 5.32 Å². The molecule has 0 spiro atoms. The van der Waals surface area contributed by atoms with Crippen LogP contribution in [0.3, 0.4) is 0 Å². The lowest BCUT2D eigenvalue weighted by atomic mass is 9.99. The molecule has 0 saturated carbocycles. The Bertz CT molecular complexity index is 1210. The first-order valence-electron chi connectivity index (χ1n) is 10.4. The molecule has 0 unspecified atom stereocenters. The van der Waals surface area contributed by atoms with Crippen LogP contribution in [0.4, 0.5) is 5.69 Å². The molecule has 3 aromatic carbocycles. The van der Waals surface area contributed by atoms with E-state index in [-0.39, 0.29) is 18.4 Å². The summed E-state index contributed by atoms with van der Waals surface area (Å²) in [4.78, 5) is 28.2. The van der Waals surface area contributed by atoms with Crippen molar-refractivity contribution >= 4 is 23.1 Å². The van der Waals surface area contributed by atoms with Gasteiger partial charge >= 0.3 is 0 Å². The van der Waals surface area contributed by atoms with Crippen molar-refractivity contribution in [2.75, 3.05) is 5.32 Å². The summed E-state index contributed by atoms with van der Waals surface area (Å²) in [7, 11) is 0. The van der Waals surface area contributed by atoms with Gasteiger partial charge in [-0.3, -0.25) is 14.5 Å². The molecule has 0 radical (unpaired) electrons. The van der Waals surface area contributed by atoms with Crippen molar-refractivity contribution in [3.63, 3.8) is 0 Å². The van der Waals surface area contributed by atoms with Crippen molar-refractivity contribution in [1.82, 2.24) is 4.90 Å². The number of amides is 2. The van der Waals surface area contributed by atoms with Crippen LogP contribution < -0.4 is 5.32 Å². The van der Waals surface area contributed by atoms with Crippen LogP contribution in [0, 0.1) is 27.7 Å². The second-order valence-corrected chi connectivity index (χ2v) is 8.17. The molecule has 0 bridgehead atoms. The summed E-state index contributed by atoms with van der Waals surface area (Å²) in [5.41, 5.74) is 7.58. The number of hydrogen-bond donors (Lipinski definition) is 1. The van der Waals surface area contributed by atoms with E-state index in [1.54, 1.807) is 0 Å². The number of hydrogen-bond acceptors (Lipinski definition) is 3. The lowest BCUT2D eigenvalue weighted by Gasteiger charge is -2.16. The lowest BCUT2D eigenvalue weighted by molar-refractivity contribution is -0.137. The van der Waals surface area contributed by atoms with Gasteiger partial charge in [0.15, 0.2) is 0 Å². The van der Waals surface area contributed by atoms with Crippen molar-refractivity contribution < 1.29 is 9.59 Å². The van der Waals surface area contributed by atoms with Gasteiger partial charge in [0.25, 0.3) is 11.8 Å². The maximum atomic E-state index is 13.5. The fraction of sp³-hybridized carbons (Fsp3) is 0.185. The van der Waals surface area contributed by atoms with Crippen molar-refractivity contribution in [3.05, 3.63) is 106 Å². The van der Waals surface area contributed by atoms with Gasteiger partial charge in [0, 0.05) is 5.69 Å². The fourth-order valence-corrected chi connectivity index (χ4v) is 3.77. The van der Waals surface area contributed by atoms with Crippen molar-refractivity contribution in [3.8, 4) is 0 Å². The van der Waals surface area contributed by atoms with E-state index in [0.717, 1.165) is 39.1 Å². The minimum absolute atomic E-state index is 0.241. The van der Waals surface area contributed by atoms with E-state index in [4.69, 9.17) is 0 Å². The van der Waals surface area contributed by atoms with E-state index in [1.807, 2.05) is 94.4 Å². The maximum absolute atomic E-state index is 13.5. The first-order chi connectivity index (χ1) is 14.8. The second kappa shape index (κ2) is 8.23. The van der Waals surface area contributed by atoms with Crippen LogP contribution >= 0.6 is 0 Å². The zero-order valence-corrected chi connectivity index (χ0v) is 18.3. The molecule has 4 heteroatoms.